The van der Waals surface area contributed by atoms with E-state index in [2.05, 4.69) is 15.3 Å². The van der Waals surface area contributed by atoms with E-state index in [9.17, 15) is 4.39 Å². The van der Waals surface area contributed by atoms with Crippen LogP contribution in [-0.4, -0.2) is 16.5 Å². The Kier molecular flexibility index (Phi) is 3.91. The van der Waals surface area contributed by atoms with Gasteiger partial charge in [0.1, 0.15) is 0 Å². The molecule has 0 unspecified atom stereocenters. The van der Waals surface area contributed by atoms with Gasteiger partial charge < -0.3 is 5.32 Å². The molecule has 17 heavy (non-hydrogen) atoms. The number of halogens is 2. The van der Waals surface area contributed by atoms with Crippen molar-refractivity contribution < 1.29 is 4.39 Å². The van der Waals surface area contributed by atoms with Gasteiger partial charge in [-0.3, -0.25) is 0 Å². The molecule has 2 heterocycles. The Hall–Kier alpha value is -1.20. The summed E-state index contributed by atoms with van der Waals surface area (Å²) in [6, 6.07) is 1.24. The van der Waals surface area contributed by atoms with E-state index in [1.165, 1.54) is 12.3 Å². The van der Waals surface area contributed by atoms with E-state index >= 15 is 0 Å². The standard InChI is InChI=1S/C11H11ClFN3S/c1-7-6-17-10(16-7)2-3-14-11-9(13)4-8(12)5-15-11/h4-6H,2-3H2,1H3,(H,14,15). The fraction of sp³-hybridized carbons (Fsp3) is 0.273. The van der Waals surface area contributed by atoms with Crippen LogP contribution in [0.15, 0.2) is 17.6 Å². The number of hydrogen-bond donors (Lipinski definition) is 1. The second-order valence-electron chi connectivity index (χ2n) is 3.54. The highest BCUT2D eigenvalue weighted by atomic mass is 35.5. The second-order valence-corrected chi connectivity index (χ2v) is 4.92. The summed E-state index contributed by atoms with van der Waals surface area (Å²) >= 11 is 7.22. The predicted molar refractivity (Wildman–Crippen MR) is 68.2 cm³/mol. The minimum absolute atomic E-state index is 0.225. The molecule has 0 aromatic carbocycles. The number of thiazole rings is 1. The van der Waals surface area contributed by atoms with Gasteiger partial charge in [-0.25, -0.2) is 14.4 Å². The molecule has 0 aliphatic heterocycles. The highest BCUT2D eigenvalue weighted by Gasteiger charge is 2.04. The van der Waals surface area contributed by atoms with Crippen molar-refractivity contribution in [1.29, 1.82) is 0 Å². The Labute approximate surface area is 108 Å². The molecule has 2 aromatic rings. The summed E-state index contributed by atoms with van der Waals surface area (Å²) in [5.41, 5.74) is 1.01. The van der Waals surface area contributed by atoms with Gasteiger partial charge in [0.15, 0.2) is 11.6 Å². The number of pyridine rings is 1. The first-order valence-electron chi connectivity index (χ1n) is 5.11. The molecule has 0 amide bonds. The lowest BCUT2D eigenvalue weighted by Gasteiger charge is -2.05. The molecule has 0 atom stereocenters. The topological polar surface area (TPSA) is 37.8 Å². The molecule has 1 N–H and O–H groups in total. The third kappa shape index (κ3) is 3.38. The summed E-state index contributed by atoms with van der Waals surface area (Å²) in [4.78, 5) is 8.20. The van der Waals surface area contributed by atoms with E-state index in [0.29, 0.717) is 11.6 Å². The molecule has 0 saturated heterocycles. The van der Waals surface area contributed by atoms with Crippen LogP contribution in [0.4, 0.5) is 10.2 Å². The van der Waals surface area contributed by atoms with Gasteiger partial charge in [0.25, 0.3) is 0 Å². The van der Waals surface area contributed by atoms with Crippen LogP contribution in [0.2, 0.25) is 5.02 Å². The Morgan fingerprint density at radius 3 is 3.00 bits per heavy atom. The van der Waals surface area contributed by atoms with Crippen molar-refractivity contribution in [3.05, 3.63) is 39.2 Å². The van der Waals surface area contributed by atoms with Crippen LogP contribution < -0.4 is 5.32 Å². The van der Waals surface area contributed by atoms with Crippen molar-refractivity contribution in [1.82, 2.24) is 9.97 Å². The average Bonchev–Trinajstić information content (AvgIpc) is 2.68. The van der Waals surface area contributed by atoms with Crippen molar-refractivity contribution in [3.63, 3.8) is 0 Å². The van der Waals surface area contributed by atoms with Gasteiger partial charge in [-0.2, -0.15) is 0 Å². The molecule has 2 aromatic heterocycles. The number of aryl methyl sites for hydroxylation is 1. The fourth-order valence-electron chi connectivity index (χ4n) is 1.35. The lowest BCUT2D eigenvalue weighted by atomic mass is 10.4. The minimum Gasteiger partial charge on any atom is -0.367 e. The average molecular weight is 272 g/mol. The van der Waals surface area contributed by atoms with Crippen LogP contribution in [0.1, 0.15) is 10.7 Å². The first kappa shape index (κ1) is 12.3. The van der Waals surface area contributed by atoms with Gasteiger partial charge in [-0.1, -0.05) is 11.6 Å². The summed E-state index contributed by atoms with van der Waals surface area (Å²) in [6.45, 7) is 2.55. The largest absolute Gasteiger partial charge is 0.367 e. The summed E-state index contributed by atoms with van der Waals surface area (Å²) < 4.78 is 13.4. The first-order chi connectivity index (χ1) is 8.15. The number of nitrogens with zero attached hydrogens (tertiary/aromatic N) is 2. The van der Waals surface area contributed by atoms with Gasteiger partial charge in [-0.05, 0) is 13.0 Å². The second kappa shape index (κ2) is 5.42. The van der Waals surface area contributed by atoms with Crippen LogP contribution in [-0.2, 0) is 6.42 Å². The SMILES string of the molecule is Cc1csc(CCNc2ncc(Cl)cc2F)n1. The lowest BCUT2D eigenvalue weighted by Crippen LogP contribution is -2.07. The monoisotopic (exact) mass is 271 g/mol. The smallest absolute Gasteiger partial charge is 0.166 e. The number of anilines is 1. The molecule has 0 bridgehead atoms. The third-order valence-electron chi connectivity index (χ3n) is 2.11. The van der Waals surface area contributed by atoms with Gasteiger partial charge in [-0.15, -0.1) is 11.3 Å². The molecule has 0 spiro atoms. The van der Waals surface area contributed by atoms with Crippen molar-refractivity contribution in [3.8, 4) is 0 Å². The highest BCUT2D eigenvalue weighted by molar-refractivity contribution is 7.09. The molecule has 6 heteroatoms. The van der Waals surface area contributed by atoms with E-state index in [1.54, 1.807) is 11.3 Å². The number of nitrogens with one attached hydrogen (secondary N) is 1. The van der Waals surface area contributed by atoms with Crippen molar-refractivity contribution in [2.45, 2.75) is 13.3 Å². The third-order valence-corrected chi connectivity index (χ3v) is 3.34. The molecule has 0 fully saturated rings. The van der Waals surface area contributed by atoms with Crippen LogP contribution >= 0.6 is 22.9 Å². The number of aromatic nitrogens is 2. The number of hydrogen-bond acceptors (Lipinski definition) is 4. The van der Waals surface area contributed by atoms with E-state index in [0.717, 1.165) is 17.1 Å². The molecular weight excluding hydrogens is 261 g/mol. The maximum absolute atomic E-state index is 13.4. The van der Waals surface area contributed by atoms with E-state index in [-0.39, 0.29) is 5.82 Å². The maximum atomic E-state index is 13.4. The van der Waals surface area contributed by atoms with Crippen molar-refractivity contribution in [2.75, 3.05) is 11.9 Å². The molecule has 0 aliphatic carbocycles. The molecule has 2 rings (SSSR count). The highest BCUT2D eigenvalue weighted by Crippen LogP contribution is 2.15. The quantitative estimate of drug-likeness (QED) is 0.927. The Balaban J connectivity index is 1.90. The summed E-state index contributed by atoms with van der Waals surface area (Å²) in [7, 11) is 0. The van der Waals surface area contributed by atoms with Gasteiger partial charge in [0.2, 0.25) is 0 Å². The molecular formula is C11H11ClFN3S. The Morgan fingerprint density at radius 2 is 2.35 bits per heavy atom. The molecule has 3 nitrogen and oxygen atoms in total. The van der Waals surface area contributed by atoms with Gasteiger partial charge in [0, 0.05) is 30.2 Å². The van der Waals surface area contributed by atoms with E-state index < -0.39 is 5.82 Å². The van der Waals surface area contributed by atoms with Crippen LogP contribution in [0.3, 0.4) is 0 Å². The first-order valence-corrected chi connectivity index (χ1v) is 6.37. The van der Waals surface area contributed by atoms with Gasteiger partial charge >= 0.3 is 0 Å². The van der Waals surface area contributed by atoms with Crippen molar-refractivity contribution >= 4 is 28.8 Å². The lowest BCUT2D eigenvalue weighted by molar-refractivity contribution is 0.624. The fourth-order valence-corrected chi connectivity index (χ4v) is 2.27. The number of rotatable bonds is 4. The van der Waals surface area contributed by atoms with Crippen molar-refractivity contribution in [2.24, 2.45) is 0 Å². The summed E-state index contributed by atoms with van der Waals surface area (Å²) in [5.74, 6) is -0.213. The summed E-state index contributed by atoms with van der Waals surface area (Å²) in [5, 5.41) is 6.24. The predicted octanol–water partition coefficient (Wildman–Crippen LogP) is 3.29. The minimum atomic E-state index is -0.437. The Morgan fingerprint density at radius 1 is 1.53 bits per heavy atom. The zero-order valence-corrected chi connectivity index (χ0v) is 10.8. The zero-order chi connectivity index (χ0) is 12.3. The Bertz CT molecular complexity index is 515. The molecule has 90 valence electrons. The van der Waals surface area contributed by atoms with Crippen LogP contribution in [0, 0.1) is 12.7 Å². The zero-order valence-electron chi connectivity index (χ0n) is 9.20. The van der Waals surface area contributed by atoms with E-state index in [1.807, 2.05) is 12.3 Å². The maximum Gasteiger partial charge on any atom is 0.166 e. The van der Waals surface area contributed by atoms with Crippen LogP contribution in [0.5, 0.6) is 0 Å². The molecule has 0 radical (unpaired) electrons. The molecule has 0 saturated carbocycles. The normalized spacial score (nSPS) is 10.5. The molecule has 0 aliphatic rings. The summed E-state index contributed by atoms with van der Waals surface area (Å²) in [6.07, 6.45) is 2.17. The van der Waals surface area contributed by atoms with Gasteiger partial charge in [0.05, 0.1) is 10.0 Å². The van der Waals surface area contributed by atoms with E-state index in [4.69, 9.17) is 11.6 Å². The van der Waals surface area contributed by atoms with Crippen LogP contribution in [0.25, 0.3) is 0 Å².